The molecule has 1 nitrogen and oxygen atoms in total. The molecule has 0 heterocycles. The zero-order valence-electron chi connectivity index (χ0n) is 8.55. The van der Waals surface area contributed by atoms with E-state index in [4.69, 9.17) is 0 Å². The van der Waals surface area contributed by atoms with Gasteiger partial charge in [-0.25, -0.2) is 0 Å². The lowest BCUT2D eigenvalue weighted by molar-refractivity contribution is 0.0996. The maximum atomic E-state index is 10.0. The van der Waals surface area contributed by atoms with E-state index in [1.165, 1.54) is 0 Å². The number of halogens is 1. The molecule has 0 aliphatic carbocycles. The molecule has 0 radical (unpaired) electrons. The summed E-state index contributed by atoms with van der Waals surface area (Å²) in [6.45, 7) is 7.42. The van der Waals surface area contributed by atoms with Crippen molar-refractivity contribution in [3.05, 3.63) is 46.5 Å². The average Bonchev–Trinajstić information content (AvgIpc) is 2.08. The van der Waals surface area contributed by atoms with Crippen molar-refractivity contribution in [3.63, 3.8) is 0 Å². The number of rotatable bonds is 3. The van der Waals surface area contributed by atoms with Crippen LogP contribution in [0.1, 0.15) is 19.4 Å². The van der Waals surface area contributed by atoms with Gasteiger partial charge in [0.05, 0.1) is 5.60 Å². The molecule has 1 N–H and O–H groups in total. The van der Waals surface area contributed by atoms with Gasteiger partial charge in [0.2, 0.25) is 0 Å². The molecule has 1 atom stereocenters. The zero-order valence-corrected chi connectivity index (χ0v) is 10.1. The van der Waals surface area contributed by atoms with Gasteiger partial charge in [-0.15, -0.1) is 0 Å². The van der Waals surface area contributed by atoms with Gasteiger partial charge in [0.25, 0.3) is 0 Å². The first-order valence-corrected chi connectivity index (χ1v) is 5.34. The number of aliphatic hydroxyl groups is 1. The van der Waals surface area contributed by atoms with E-state index in [1.807, 2.05) is 31.2 Å². The Labute approximate surface area is 93.6 Å². The summed E-state index contributed by atoms with van der Waals surface area (Å²) in [6, 6.07) is 7.96. The highest BCUT2D eigenvalue weighted by Crippen LogP contribution is 2.21. The van der Waals surface area contributed by atoms with Crippen LogP contribution in [0.25, 0.3) is 0 Å². The van der Waals surface area contributed by atoms with E-state index in [2.05, 4.69) is 22.5 Å². The minimum absolute atomic E-state index is 0.607. The summed E-state index contributed by atoms with van der Waals surface area (Å²) in [5.74, 6) is 0. The smallest absolute Gasteiger partial charge is 0.0863 e. The molecule has 0 saturated heterocycles. The Balaban J connectivity index is 2.79. The van der Waals surface area contributed by atoms with Crippen molar-refractivity contribution < 1.29 is 5.11 Å². The van der Waals surface area contributed by atoms with Crippen LogP contribution in [0, 0.1) is 0 Å². The minimum Gasteiger partial charge on any atom is -0.385 e. The molecule has 2 heteroatoms. The molecule has 0 aromatic heterocycles. The van der Waals surface area contributed by atoms with Crippen LogP contribution >= 0.6 is 15.9 Å². The number of hydrogen-bond donors (Lipinski definition) is 1. The van der Waals surface area contributed by atoms with Gasteiger partial charge >= 0.3 is 0 Å². The van der Waals surface area contributed by atoms with Crippen molar-refractivity contribution >= 4 is 15.9 Å². The maximum absolute atomic E-state index is 10.0. The van der Waals surface area contributed by atoms with E-state index in [0.717, 1.165) is 15.6 Å². The Morgan fingerprint density at radius 3 is 2.36 bits per heavy atom. The number of benzene rings is 1. The van der Waals surface area contributed by atoms with Crippen molar-refractivity contribution in [2.24, 2.45) is 0 Å². The second-order valence-electron chi connectivity index (χ2n) is 3.86. The van der Waals surface area contributed by atoms with Crippen LogP contribution in [0.3, 0.4) is 0 Å². The molecule has 1 aromatic carbocycles. The third-order valence-electron chi connectivity index (χ3n) is 2.38. The lowest BCUT2D eigenvalue weighted by Crippen LogP contribution is -2.27. The first-order valence-electron chi connectivity index (χ1n) is 4.54. The number of hydrogen-bond acceptors (Lipinski definition) is 1. The van der Waals surface area contributed by atoms with Crippen molar-refractivity contribution in [1.82, 2.24) is 0 Å². The molecule has 0 spiro atoms. The largest absolute Gasteiger partial charge is 0.385 e. The topological polar surface area (TPSA) is 20.2 Å². The van der Waals surface area contributed by atoms with E-state index in [9.17, 15) is 5.11 Å². The van der Waals surface area contributed by atoms with E-state index < -0.39 is 5.60 Å². The Hall–Kier alpha value is -0.600. The highest BCUT2D eigenvalue weighted by molar-refractivity contribution is 9.10. The molecule has 1 aromatic rings. The monoisotopic (exact) mass is 254 g/mol. The van der Waals surface area contributed by atoms with E-state index >= 15 is 0 Å². The van der Waals surface area contributed by atoms with Crippen LogP contribution < -0.4 is 0 Å². The third kappa shape index (κ3) is 2.96. The highest BCUT2D eigenvalue weighted by Gasteiger charge is 2.21. The molecule has 0 bridgehead atoms. The summed E-state index contributed by atoms with van der Waals surface area (Å²) in [6.07, 6.45) is 0.607. The minimum atomic E-state index is -0.812. The average molecular weight is 255 g/mol. The fourth-order valence-corrected chi connectivity index (χ4v) is 1.41. The van der Waals surface area contributed by atoms with Gasteiger partial charge in [0, 0.05) is 10.9 Å². The maximum Gasteiger partial charge on any atom is 0.0863 e. The van der Waals surface area contributed by atoms with Gasteiger partial charge < -0.3 is 5.11 Å². The fourth-order valence-electron chi connectivity index (χ4n) is 1.15. The predicted octanol–water partition coefficient (Wildman–Crippen LogP) is 3.32. The lowest BCUT2D eigenvalue weighted by Gasteiger charge is -2.23. The molecule has 1 rings (SSSR count). The second-order valence-corrected chi connectivity index (χ2v) is 4.77. The summed E-state index contributed by atoms with van der Waals surface area (Å²) < 4.78 is 1.05. The SMILES string of the molecule is C=C(C)C(C)(O)Cc1ccc(Br)cc1. The third-order valence-corrected chi connectivity index (χ3v) is 2.91. The van der Waals surface area contributed by atoms with Crippen molar-refractivity contribution in [3.8, 4) is 0 Å². The Morgan fingerprint density at radius 1 is 1.43 bits per heavy atom. The second kappa shape index (κ2) is 4.28. The summed E-state index contributed by atoms with van der Waals surface area (Å²) in [5, 5.41) is 10.0. The van der Waals surface area contributed by atoms with E-state index in [0.29, 0.717) is 6.42 Å². The van der Waals surface area contributed by atoms with Crippen LogP contribution in [0.2, 0.25) is 0 Å². The summed E-state index contributed by atoms with van der Waals surface area (Å²) in [7, 11) is 0. The van der Waals surface area contributed by atoms with E-state index in [-0.39, 0.29) is 0 Å². The predicted molar refractivity (Wildman–Crippen MR) is 63.3 cm³/mol. The molecule has 0 amide bonds. The molecule has 1 unspecified atom stereocenters. The van der Waals surface area contributed by atoms with Gasteiger partial charge in [0.1, 0.15) is 0 Å². The van der Waals surface area contributed by atoms with Crippen LogP contribution in [-0.2, 0) is 6.42 Å². The molecule has 14 heavy (non-hydrogen) atoms. The van der Waals surface area contributed by atoms with Crippen LogP contribution in [-0.4, -0.2) is 10.7 Å². The van der Waals surface area contributed by atoms with Gasteiger partial charge in [0.15, 0.2) is 0 Å². The molecule has 0 saturated carbocycles. The first-order chi connectivity index (χ1) is 6.42. The Kier molecular flexibility index (Phi) is 3.51. The quantitative estimate of drug-likeness (QED) is 0.821. The van der Waals surface area contributed by atoms with Crippen LogP contribution in [0.15, 0.2) is 40.9 Å². The normalized spacial score (nSPS) is 14.9. The van der Waals surface area contributed by atoms with E-state index in [1.54, 1.807) is 6.92 Å². The van der Waals surface area contributed by atoms with Gasteiger partial charge in [-0.05, 0) is 37.1 Å². The molecule has 0 aliphatic heterocycles. The van der Waals surface area contributed by atoms with Crippen molar-refractivity contribution in [1.29, 1.82) is 0 Å². The van der Waals surface area contributed by atoms with Crippen LogP contribution in [0.5, 0.6) is 0 Å². The Morgan fingerprint density at radius 2 is 1.93 bits per heavy atom. The summed E-state index contributed by atoms with van der Waals surface area (Å²) in [5.41, 5.74) is 1.09. The molecular formula is C12H15BrO. The molecule has 0 fully saturated rings. The summed E-state index contributed by atoms with van der Waals surface area (Å²) >= 11 is 3.37. The highest BCUT2D eigenvalue weighted by atomic mass is 79.9. The summed E-state index contributed by atoms with van der Waals surface area (Å²) in [4.78, 5) is 0. The van der Waals surface area contributed by atoms with Crippen molar-refractivity contribution in [2.75, 3.05) is 0 Å². The Bertz CT molecular complexity index is 325. The van der Waals surface area contributed by atoms with Gasteiger partial charge in [-0.3, -0.25) is 0 Å². The van der Waals surface area contributed by atoms with Gasteiger partial charge in [-0.2, -0.15) is 0 Å². The lowest BCUT2D eigenvalue weighted by atomic mass is 9.91. The van der Waals surface area contributed by atoms with Gasteiger partial charge in [-0.1, -0.05) is 34.6 Å². The molecule has 76 valence electrons. The molecule has 0 aliphatic rings. The van der Waals surface area contributed by atoms with Crippen LogP contribution in [0.4, 0.5) is 0 Å². The van der Waals surface area contributed by atoms with Crippen molar-refractivity contribution in [2.45, 2.75) is 25.9 Å². The fraction of sp³-hybridized carbons (Fsp3) is 0.333. The molecular weight excluding hydrogens is 240 g/mol. The first kappa shape index (κ1) is 11.5. The zero-order chi connectivity index (χ0) is 10.8. The standard InChI is InChI=1S/C12H15BrO/c1-9(2)12(3,14)8-10-4-6-11(13)7-5-10/h4-7,14H,1,8H2,2-3H3.